The first kappa shape index (κ1) is 18.1. The zero-order valence-electron chi connectivity index (χ0n) is 14.1. The predicted molar refractivity (Wildman–Crippen MR) is 94.7 cm³/mol. The van der Waals surface area contributed by atoms with E-state index in [9.17, 15) is 0 Å². The van der Waals surface area contributed by atoms with Gasteiger partial charge in [-0.2, -0.15) is 0 Å². The van der Waals surface area contributed by atoms with E-state index in [0.29, 0.717) is 0 Å². The molecule has 0 heterocycles. The largest absolute Gasteiger partial charge is 0.497 e. The van der Waals surface area contributed by atoms with E-state index in [2.05, 4.69) is 41.0 Å². The van der Waals surface area contributed by atoms with E-state index in [0.717, 1.165) is 50.5 Å². The molecule has 122 valence electrons. The molecule has 0 unspecified atom stereocenters. The Kier molecular flexibility index (Phi) is 8.80. The summed E-state index contributed by atoms with van der Waals surface area (Å²) in [4.78, 5) is 6.49. The Morgan fingerprint density at radius 2 is 2.05 bits per heavy atom. The molecule has 4 nitrogen and oxygen atoms in total. The Labute approximate surface area is 134 Å². The number of aryl methyl sites for hydroxylation is 1. The topological polar surface area (TPSA) is 36.9 Å². The van der Waals surface area contributed by atoms with Crippen LogP contribution in [0.2, 0.25) is 0 Å². The van der Waals surface area contributed by atoms with Crippen molar-refractivity contribution in [2.24, 2.45) is 4.99 Å². The van der Waals surface area contributed by atoms with Crippen LogP contribution in [0.3, 0.4) is 0 Å². The minimum Gasteiger partial charge on any atom is -0.497 e. The number of methoxy groups -OCH3 is 1. The molecule has 0 bridgehead atoms. The van der Waals surface area contributed by atoms with Crippen molar-refractivity contribution in [3.63, 3.8) is 0 Å². The number of allylic oxidation sites excluding steroid dienone is 1. The summed E-state index contributed by atoms with van der Waals surface area (Å²) in [6.07, 6.45) is 6.23. The minimum absolute atomic E-state index is 0.906. The smallest absolute Gasteiger partial charge is 0.193 e. The molecule has 0 fully saturated rings. The predicted octanol–water partition coefficient (Wildman–Crippen LogP) is 3.10. The Balaban J connectivity index is 2.27. The van der Waals surface area contributed by atoms with E-state index >= 15 is 0 Å². The summed E-state index contributed by atoms with van der Waals surface area (Å²) in [7, 11) is 5.59. The number of aliphatic imine (C=N–C) groups is 1. The van der Waals surface area contributed by atoms with E-state index in [1.54, 1.807) is 7.11 Å². The summed E-state index contributed by atoms with van der Waals surface area (Å²) in [5.74, 6) is 1.86. The second-order valence-electron chi connectivity index (χ2n) is 5.28. The summed E-state index contributed by atoms with van der Waals surface area (Å²) < 4.78 is 5.17. The van der Waals surface area contributed by atoms with Gasteiger partial charge in [0, 0.05) is 27.2 Å². The molecule has 0 radical (unpaired) electrons. The standard InChI is InChI=1S/C18H29N3O/c1-5-6-7-15-21(3)18(19-2)20-14-8-9-16-10-12-17(22-4)13-11-16/h5,10-13H,1,6-9,14-15H2,2-4H3,(H,19,20). The van der Waals surface area contributed by atoms with Crippen molar-refractivity contribution in [2.45, 2.75) is 25.7 Å². The molecule has 1 rings (SSSR count). The average Bonchev–Trinajstić information content (AvgIpc) is 2.55. The second kappa shape index (κ2) is 10.7. The van der Waals surface area contributed by atoms with Crippen LogP contribution in [0.25, 0.3) is 0 Å². The SMILES string of the molecule is C=CCCCN(C)C(=NC)NCCCc1ccc(OC)cc1. The highest BCUT2D eigenvalue weighted by Gasteiger charge is 2.04. The molecule has 1 aromatic rings. The number of unbranched alkanes of at least 4 members (excludes halogenated alkanes) is 1. The van der Waals surface area contributed by atoms with Crippen LogP contribution in [-0.4, -0.2) is 45.2 Å². The summed E-state index contributed by atoms with van der Waals surface area (Å²) in [6.45, 7) is 5.66. The first-order valence-corrected chi connectivity index (χ1v) is 7.87. The van der Waals surface area contributed by atoms with Crippen molar-refractivity contribution < 1.29 is 4.74 Å². The number of nitrogens with zero attached hydrogens (tertiary/aromatic N) is 2. The Morgan fingerprint density at radius 1 is 1.32 bits per heavy atom. The lowest BCUT2D eigenvalue weighted by molar-refractivity contribution is 0.414. The van der Waals surface area contributed by atoms with E-state index in [1.807, 2.05) is 25.3 Å². The van der Waals surface area contributed by atoms with Crippen molar-refractivity contribution in [1.29, 1.82) is 0 Å². The summed E-state index contributed by atoms with van der Waals surface area (Å²) in [5.41, 5.74) is 1.33. The maximum atomic E-state index is 5.17. The van der Waals surface area contributed by atoms with E-state index in [-0.39, 0.29) is 0 Å². The van der Waals surface area contributed by atoms with E-state index in [1.165, 1.54) is 5.56 Å². The maximum Gasteiger partial charge on any atom is 0.193 e. The van der Waals surface area contributed by atoms with Gasteiger partial charge in [-0.25, -0.2) is 0 Å². The normalized spacial score (nSPS) is 11.1. The fourth-order valence-electron chi connectivity index (χ4n) is 2.25. The molecular weight excluding hydrogens is 274 g/mol. The third kappa shape index (κ3) is 6.66. The van der Waals surface area contributed by atoms with Gasteiger partial charge in [-0.1, -0.05) is 18.2 Å². The molecule has 0 saturated heterocycles. The molecule has 0 aliphatic rings. The molecule has 0 spiro atoms. The van der Waals surface area contributed by atoms with Crippen molar-refractivity contribution >= 4 is 5.96 Å². The van der Waals surface area contributed by atoms with Crippen LogP contribution in [0.5, 0.6) is 5.75 Å². The van der Waals surface area contributed by atoms with Gasteiger partial charge in [-0.05, 0) is 43.4 Å². The quantitative estimate of drug-likeness (QED) is 0.330. The zero-order valence-corrected chi connectivity index (χ0v) is 14.1. The third-order valence-electron chi connectivity index (χ3n) is 3.56. The van der Waals surface area contributed by atoms with Crippen molar-refractivity contribution in [1.82, 2.24) is 10.2 Å². The highest BCUT2D eigenvalue weighted by atomic mass is 16.5. The van der Waals surface area contributed by atoms with Crippen LogP contribution in [0.1, 0.15) is 24.8 Å². The Bertz CT molecular complexity index is 454. The number of nitrogens with one attached hydrogen (secondary N) is 1. The van der Waals surface area contributed by atoms with Crippen molar-refractivity contribution in [3.8, 4) is 5.75 Å². The molecule has 1 aromatic carbocycles. The van der Waals surface area contributed by atoms with Gasteiger partial charge in [-0.3, -0.25) is 4.99 Å². The van der Waals surface area contributed by atoms with Crippen molar-refractivity contribution in [3.05, 3.63) is 42.5 Å². The average molecular weight is 303 g/mol. The van der Waals surface area contributed by atoms with Crippen LogP contribution in [0, 0.1) is 0 Å². The highest BCUT2D eigenvalue weighted by Crippen LogP contribution is 2.12. The highest BCUT2D eigenvalue weighted by molar-refractivity contribution is 5.79. The number of benzene rings is 1. The molecule has 0 amide bonds. The molecular formula is C18H29N3O. The number of rotatable bonds is 9. The molecule has 0 aromatic heterocycles. The third-order valence-corrected chi connectivity index (χ3v) is 3.56. The van der Waals surface area contributed by atoms with Gasteiger partial charge in [0.05, 0.1) is 7.11 Å². The molecule has 4 heteroatoms. The molecule has 1 N–H and O–H groups in total. The Hall–Kier alpha value is -1.97. The minimum atomic E-state index is 0.906. The monoisotopic (exact) mass is 303 g/mol. The number of guanidine groups is 1. The van der Waals surface area contributed by atoms with Gasteiger partial charge in [0.1, 0.15) is 5.75 Å². The van der Waals surface area contributed by atoms with Gasteiger partial charge in [0.2, 0.25) is 0 Å². The van der Waals surface area contributed by atoms with Crippen LogP contribution in [-0.2, 0) is 6.42 Å². The first-order chi connectivity index (χ1) is 10.7. The zero-order chi connectivity index (χ0) is 16.2. The molecule has 22 heavy (non-hydrogen) atoms. The second-order valence-corrected chi connectivity index (χ2v) is 5.28. The Morgan fingerprint density at radius 3 is 2.64 bits per heavy atom. The fourth-order valence-corrected chi connectivity index (χ4v) is 2.25. The molecule has 0 saturated carbocycles. The van der Waals surface area contributed by atoms with Crippen LogP contribution >= 0.6 is 0 Å². The summed E-state index contributed by atoms with van der Waals surface area (Å²) in [6, 6.07) is 8.26. The lowest BCUT2D eigenvalue weighted by Gasteiger charge is -2.21. The van der Waals surface area contributed by atoms with Gasteiger partial charge in [0.25, 0.3) is 0 Å². The van der Waals surface area contributed by atoms with Gasteiger partial charge in [-0.15, -0.1) is 6.58 Å². The van der Waals surface area contributed by atoms with E-state index < -0.39 is 0 Å². The van der Waals surface area contributed by atoms with Crippen LogP contribution in [0.4, 0.5) is 0 Å². The molecule has 0 aliphatic carbocycles. The lowest BCUT2D eigenvalue weighted by Crippen LogP contribution is -2.39. The maximum absolute atomic E-state index is 5.17. The summed E-state index contributed by atoms with van der Waals surface area (Å²) >= 11 is 0. The fraction of sp³-hybridized carbons (Fsp3) is 0.500. The number of hydrogen-bond donors (Lipinski definition) is 1. The molecule has 0 aliphatic heterocycles. The van der Waals surface area contributed by atoms with Crippen molar-refractivity contribution in [2.75, 3.05) is 34.3 Å². The van der Waals surface area contributed by atoms with Gasteiger partial charge >= 0.3 is 0 Å². The molecule has 0 atom stereocenters. The van der Waals surface area contributed by atoms with Crippen LogP contribution in [0.15, 0.2) is 41.9 Å². The van der Waals surface area contributed by atoms with Gasteiger partial charge in [0.15, 0.2) is 5.96 Å². The first-order valence-electron chi connectivity index (χ1n) is 7.87. The van der Waals surface area contributed by atoms with Gasteiger partial charge < -0.3 is 15.0 Å². The van der Waals surface area contributed by atoms with Crippen LogP contribution < -0.4 is 10.1 Å². The van der Waals surface area contributed by atoms with E-state index in [4.69, 9.17) is 4.74 Å². The summed E-state index contributed by atoms with van der Waals surface area (Å²) in [5, 5.41) is 3.41. The number of ether oxygens (including phenoxy) is 1. The lowest BCUT2D eigenvalue weighted by atomic mass is 10.1. The number of hydrogen-bond acceptors (Lipinski definition) is 2.